The van der Waals surface area contributed by atoms with Gasteiger partial charge in [0.15, 0.2) is 0 Å². The summed E-state index contributed by atoms with van der Waals surface area (Å²) in [4.78, 5) is 0.204. The Bertz CT molecular complexity index is 1050. The lowest BCUT2D eigenvalue weighted by Gasteiger charge is -2.14. The number of para-hydroxylation sites is 1. The van der Waals surface area contributed by atoms with Crippen LogP contribution in [0.3, 0.4) is 0 Å². The average Bonchev–Trinajstić information content (AvgIpc) is 2.97. The van der Waals surface area contributed by atoms with Gasteiger partial charge >= 0.3 is 0 Å². The topological polar surface area (TPSA) is 59.3 Å². The maximum atomic E-state index is 13.4. The molecule has 2 aromatic carbocycles. The molecule has 1 atom stereocenters. The third-order valence-electron chi connectivity index (χ3n) is 4.31. The van der Waals surface area contributed by atoms with E-state index in [2.05, 4.69) is 13.2 Å². The van der Waals surface area contributed by atoms with Gasteiger partial charge in [0.05, 0.1) is 16.5 Å². The van der Waals surface area contributed by atoms with Crippen LogP contribution in [-0.2, 0) is 16.4 Å². The monoisotopic (exact) mass is 367 g/mol. The largest absolute Gasteiger partial charge is 0.388 e. The summed E-state index contributed by atoms with van der Waals surface area (Å²) < 4.78 is 28.1. The van der Waals surface area contributed by atoms with Crippen LogP contribution in [0.1, 0.15) is 23.8 Å². The zero-order chi connectivity index (χ0) is 18.7. The number of allylic oxidation sites excluding steroid dienone is 1. The molecule has 4 nitrogen and oxygen atoms in total. The summed E-state index contributed by atoms with van der Waals surface area (Å²) in [5.74, 6) is 0. The molecule has 1 aromatic heterocycles. The van der Waals surface area contributed by atoms with Crippen molar-refractivity contribution >= 4 is 20.9 Å². The molecule has 0 bridgehead atoms. The van der Waals surface area contributed by atoms with Crippen LogP contribution in [0.25, 0.3) is 10.9 Å². The van der Waals surface area contributed by atoms with Gasteiger partial charge in [0.25, 0.3) is 10.0 Å². The predicted octanol–water partition coefficient (Wildman–Crippen LogP) is 4.22. The van der Waals surface area contributed by atoms with Crippen LogP contribution in [0.15, 0.2) is 84.8 Å². The molecule has 0 radical (unpaired) electrons. The molecule has 0 fully saturated rings. The standard InChI is InChI=1S/C21H21NO3S/c1-3-10-19-21(20(23)11-4-2)17-14-8-9-15-18(17)22(19)26(24,25)16-12-6-5-7-13-16/h3-9,12-15,20,23H,1-2,10-11H2. The van der Waals surface area contributed by atoms with Gasteiger partial charge in [-0.2, -0.15) is 0 Å². The second-order valence-corrected chi connectivity index (χ2v) is 7.78. The van der Waals surface area contributed by atoms with Gasteiger partial charge in [-0.1, -0.05) is 48.6 Å². The predicted molar refractivity (Wildman–Crippen MR) is 105 cm³/mol. The van der Waals surface area contributed by atoms with Crippen LogP contribution >= 0.6 is 0 Å². The van der Waals surface area contributed by atoms with Crippen molar-refractivity contribution < 1.29 is 13.5 Å². The highest BCUT2D eigenvalue weighted by molar-refractivity contribution is 7.90. The van der Waals surface area contributed by atoms with Crippen molar-refractivity contribution in [2.24, 2.45) is 0 Å². The maximum absolute atomic E-state index is 13.4. The molecule has 1 unspecified atom stereocenters. The molecular formula is C21H21NO3S. The highest BCUT2D eigenvalue weighted by Gasteiger charge is 2.28. The third-order valence-corrected chi connectivity index (χ3v) is 6.08. The molecule has 0 spiro atoms. The van der Waals surface area contributed by atoms with E-state index in [-0.39, 0.29) is 4.90 Å². The second-order valence-electron chi connectivity index (χ2n) is 5.99. The molecule has 5 heteroatoms. The molecule has 134 valence electrons. The number of fused-ring (bicyclic) bond motifs is 1. The van der Waals surface area contributed by atoms with Crippen molar-refractivity contribution in [3.63, 3.8) is 0 Å². The molecule has 0 aliphatic heterocycles. The van der Waals surface area contributed by atoms with E-state index in [4.69, 9.17) is 0 Å². The first-order valence-corrected chi connectivity index (χ1v) is 9.79. The number of hydrogen-bond donors (Lipinski definition) is 1. The fraction of sp³-hybridized carbons (Fsp3) is 0.143. The molecule has 0 aliphatic rings. The van der Waals surface area contributed by atoms with Gasteiger partial charge < -0.3 is 5.11 Å². The molecule has 1 heterocycles. The van der Waals surface area contributed by atoms with Gasteiger partial charge in [-0.15, -0.1) is 13.2 Å². The normalized spacial score (nSPS) is 12.8. The third kappa shape index (κ3) is 3.00. The second kappa shape index (κ2) is 7.32. The smallest absolute Gasteiger partial charge is 0.268 e. The summed E-state index contributed by atoms with van der Waals surface area (Å²) >= 11 is 0. The van der Waals surface area contributed by atoms with Crippen LogP contribution in [0.2, 0.25) is 0 Å². The Morgan fingerprint density at radius 2 is 1.65 bits per heavy atom. The Balaban J connectivity index is 2.40. The summed E-state index contributed by atoms with van der Waals surface area (Å²) in [5, 5.41) is 11.4. The fourth-order valence-corrected chi connectivity index (χ4v) is 4.83. The van der Waals surface area contributed by atoms with E-state index in [1.165, 1.54) is 3.97 Å². The molecule has 3 aromatic rings. The Hall–Kier alpha value is -2.63. The van der Waals surface area contributed by atoms with Gasteiger partial charge in [0.2, 0.25) is 0 Å². The van der Waals surface area contributed by atoms with E-state index >= 15 is 0 Å². The summed E-state index contributed by atoms with van der Waals surface area (Å²) in [6.07, 6.45) is 3.10. The van der Waals surface area contributed by atoms with Gasteiger partial charge in [-0.05, 0) is 24.6 Å². The van der Waals surface area contributed by atoms with E-state index in [0.717, 1.165) is 5.39 Å². The SMILES string of the molecule is C=CCc1c(C(O)CC=C)c2ccccc2n1S(=O)(=O)c1ccccc1. The zero-order valence-corrected chi connectivity index (χ0v) is 15.2. The molecule has 0 aliphatic carbocycles. The van der Waals surface area contributed by atoms with Crippen LogP contribution in [-0.4, -0.2) is 17.5 Å². The molecule has 1 N–H and O–H groups in total. The van der Waals surface area contributed by atoms with Crippen molar-refractivity contribution in [1.29, 1.82) is 0 Å². The molecule has 26 heavy (non-hydrogen) atoms. The number of benzene rings is 2. The lowest BCUT2D eigenvalue weighted by molar-refractivity contribution is 0.182. The Labute approximate surface area is 153 Å². The first-order chi connectivity index (χ1) is 12.5. The maximum Gasteiger partial charge on any atom is 0.268 e. The number of nitrogens with zero attached hydrogens (tertiary/aromatic N) is 1. The van der Waals surface area contributed by atoms with Crippen molar-refractivity contribution in [3.8, 4) is 0 Å². The minimum absolute atomic E-state index is 0.204. The van der Waals surface area contributed by atoms with E-state index in [1.807, 2.05) is 12.1 Å². The molecule has 0 amide bonds. The summed E-state index contributed by atoms with van der Waals surface area (Å²) in [5.41, 5.74) is 1.69. The Morgan fingerprint density at radius 1 is 1.00 bits per heavy atom. The Morgan fingerprint density at radius 3 is 2.31 bits per heavy atom. The van der Waals surface area contributed by atoms with E-state index < -0.39 is 16.1 Å². The van der Waals surface area contributed by atoms with E-state index in [1.54, 1.807) is 54.6 Å². The van der Waals surface area contributed by atoms with Crippen LogP contribution < -0.4 is 0 Å². The number of aromatic nitrogens is 1. The molecule has 0 saturated heterocycles. The Kier molecular flexibility index (Phi) is 5.11. The van der Waals surface area contributed by atoms with Crippen molar-refractivity contribution in [2.45, 2.75) is 23.8 Å². The first kappa shape index (κ1) is 18.2. The lowest BCUT2D eigenvalue weighted by Crippen LogP contribution is -2.16. The number of hydrogen-bond acceptors (Lipinski definition) is 3. The minimum atomic E-state index is -3.81. The number of aliphatic hydroxyl groups excluding tert-OH is 1. The highest BCUT2D eigenvalue weighted by atomic mass is 32.2. The summed E-state index contributed by atoms with van der Waals surface area (Å²) in [6, 6.07) is 15.5. The van der Waals surface area contributed by atoms with E-state index in [9.17, 15) is 13.5 Å². The zero-order valence-electron chi connectivity index (χ0n) is 14.4. The average molecular weight is 367 g/mol. The van der Waals surface area contributed by atoms with Crippen molar-refractivity contribution in [3.05, 3.63) is 91.2 Å². The number of rotatable bonds is 7. The highest BCUT2D eigenvalue weighted by Crippen LogP contribution is 2.35. The summed E-state index contributed by atoms with van der Waals surface area (Å²) in [7, 11) is -3.81. The molecule has 0 saturated carbocycles. The van der Waals surface area contributed by atoms with Gasteiger partial charge in [-0.3, -0.25) is 0 Å². The van der Waals surface area contributed by atoms with Crippen LogP contribution in [0, 0.1) is 0 Å². The number of aliphatic hydroxyl groups is 1. The lowest BCUT2D eigenvalue weighted by atomic mass is 10.0. The minimum Gasteiger partial charge on any atom is -0.388 e. The van der Waals surface area contributed by atoms with Crippen molar-refractivity contribution in [2.75, 3.05) is 0 Å². The van der Waals surface area contributed by atoms with Gasteiger partial charge in [0, 0.05) is 23.1 Å². The van der Waals surface area contributed by atoms with Crippen molar-refractivity contribution in [1.82, 2.24) is 3.97 Å². The van der Waals surface area contributed by atoms with Crippen LogP contribution in [0.4, 0.5) is 0 Å². The fourth-order valence-electron chi connectivity index (χ4n) is 3.24. The molecular weight excluding hydrogens is 346 g/mol. The van der Waals surface area contributed by atoms with E-state index in [0.29, 0.717) is 29.6 Å². The first-order valence-electron chi connectivity index (χ1n) is 8.35. The van der Waals surface area contributed by atoms with Crippen LogP contribution in [0.5, 0.6) is 0 Å². The van der Waals surface area contributed by atoms with Gasteiger partial charge in [-0.25, -0.2) is 12.4 Å². The van der Waals surface area contributed by atoms with Gasteiger partial charge in [0.1, 0.15) is 0 Å². The quantitative estimate of drug-likeness (QED) is 0.636. The molecule has 3 rings (SSSR count). The summed E-state index contributed by atoms with van der Waals surface area (Å²) in [6.45, 7) is 7.44.